The molecule has 0 fully saturated rings. The maximum atomic E-state index is 13.7. The first-order valence-electron chi connectivity index (χ1n) is 21.5. The summed E-state index contributed by atoms with van der Waals surface area (Å²) in [5, 5.41) is 18.7. The zero-order chi connectivity index (χ0) is 43.9. The van der Waals surface area contributed by atoms with Crippen molar-refractivity contribution >= 4 is 35.2 Å². The first-order chi connectivity index (χ1) is 28.9. The minimum atomic E-state index is -0.866. The standard InChI is InChI=1S/C43H70N6O10S/c1-8-14-49(39(51)23-30(6)10-3)37(29(4)5)27-38(58-15-9-2)42-46-36(28-60-42)41(53)45-32-24-31-11-12-33(50)26-34(31)35(25-32)40(52)47-48-43(54)59-22-21-57-20-19-56-18-17-55-16-13-44-7/h11-12,26,28-30,32,35,37-38,44,50H,8-10,13-25,27H2,1-7H3,(H,45,53)(H,47,52)(H,48,54)/t30-,32-,35+,37?,38+/m0/s1. The molecule has 1 aliphatic carbocycles. The Hall–Kier alpha value is -3.87. The van der Waals surface area contributed by atoms with Gasteiger partial charge in [-0.3, -0.25) is 19.8 Å². The number of amides is 4. The fraction of sp³-hybridized carbons (Fsp3) is 0.698. The van der Waals surface area contributed by atoms with Crippen molar-refractivity contribution in [3.63, 3.8) is 0 Å². The molecule has 0 spiro atoms. The third kappa shape index (κ3) is 17.2. The van der Waals surface area contributed by atoms with Crippen molar-refractivity contribution in [3.05, 3.63) is 45.4 Å². The van der Waals surface area contributed by atoms with Crippen molar-refractivity contribution < 1.29 is 48.0 Å². The molecule has 1 aromatic carbocycles. The lowest BCUT2D eigenvalue weighted by atomic mass is 9.79. The van der Waals surface area contributed by atoms with Crippen LogP contribution in [0.25, 0.3) is 0 Å². The van der Waals surface area contributed by atoms with Crippen molar-refractivity contribution in [3.8, 4) is 5.75 Å². The molecule has 0 saturated heterocycles. The number of hydrogen-bond acceptors (Lipinski definition) is 13. The van der Waals surface area contributed by atoms with E-state index in [0.29, 0.717) is 81.9 Å². The zero-order valence-corrected chi connectivity index (χ0v) is 37.5. The summed E-state index contributed by atoms with van der Waals surface area (Å²) in [4.78, 5) is 59.9. The number of aromatic hydroxyl groups is 1. The van der Waals surface area contributed by atoms with E-state index in [2.05, 4.69) is 56.1 Å². The van der Waals surface area contributed by atoms with Gasteiger partial charge in [0.2, 0.25) is 11.8 Å². The fourth-order valence-corrected chi connectivity index (χ4v) is 7.77. The molecule has 0 aliphatic heterocycles. The van der Waals surface area contributed by atoms with Crippen molar-refractivity contribution in [2.75, 3.05) is 73.0 Å². The lowest BCUT2D eigenvalue weighted by Gasteiger charge is -2.37. The number of likely N-dealkylation sites (N-methyl/N-ethyl adjacent to an activating group) is 1. The molecule has 1 aliphatic rings. The van der Waals surface area contributed by atoms with Crippen LogP contribution in [0, 0.1) is 11.8 Å². The molecule has 0 bridgehead atoms. The summed E-state index contributed by atoms with van der Waals surface area (Å²) in [5.74, 6) is -1.10. The van der Waals surface area contributed by atoms with Crippen LogP contribution in [0.5, 0.6) is 5.75 Å². The van der Waals surface area contributed by atoms with Crippen LogP contribution in [-0.4, -0.2) is 124 Å². The van der Waals surface area contributed by atoms with Crippen LogP contribution < -0.4 is 21.5 Å². The van der Waals surface area contributed by atoms with Gasteiger partial charge < -0.3 is 44.3 Å². The monoisotopic (exact) mass is 862 g/mol. The van der Waals surface area contributed by atoms with Crippen LogP contribution in [-0.2, 0) is 39.7 Å². The van der Waals surface area contributed by atoms with Crippen LogP contribution in [0.1, 0.15) is 119 Å². The largest absolute Gasteiger partial charge is 0.508 e. The molecule has 1 heterocycles. The molecule has 16 nitrogen and oxygen atoms in total. The lowest BCUT2D eigenvalue weighted by Crippen LogP contribution is -2.48. The average molecular weight is 863 g/mol. The van der Waals surface area contributed by atoms with Crippen molar-refractivity contribution in [2.45, 2.75) is 111 Å². The van der Waals surface area contributed by atoms with Gasteiger partial charge in [-0.1, -0.05) is 54.0 Å². The molecule has 3 rings (SSSR count). The van der Waals surface area contributed by atoms with Gasteiger partial charge in [0, 0.05) is 50.0 Å². The quantitative estimate of drug-likeness (QED) is 0.0551. The number of fused-ring (bicyclic) bond motifs is 1. The molecule has 0 radical (unpaired) electrons. The molecular formula is C43H70N6O10S. The summed E-state index contributed by atoms with van der Waals surface area (Å²) < 4.78 is 27.7. The molecule has 60 heavy (non-hydrogen) atoms. The van der Waals surface area contributed by atoms with Crippen molar-refractivity contribution in [1.29, 1.82) is 0 Å². The topological polar surface area (TPSA) is 199 Å². The number of thiazole rings is 1. The van der Waals surface area contributed by atoms with Crippen LogP contribution in [0.15, 0.2) is 23.6 Å². The zero-order valence-electron chi connectivity index (χ0n) is 36.7. The maximum absolute atomic E-state index is 13.7. The van der Waals surface area contributed by atoms with Crippen LogP contribution in [0.2, 0.25) is 0 Å². The summed E-state index contributed by atoms with van der Waals surface area (Å²) in [7, 11) is 1.86. The molecular weight excluding hydrogens is 793 g/mol. The first-order valence-corrected chi connectivity index (χ1v) is 22.4. The van der Waals surface area contributed by atoms with Gasteiger partial charge in [-0.05, 0) is 67.8 Å². The third-order valence-electron chi connectivity index (χ3n) is 10.3. The van der Waals surface area contributed by atoms with Crippen LogP contribution >= 0.6 is 11.3 Å². The molecule has 1 unspecified atom stereocenters. The summed E-state index contributed by atoms with van der Waals surface area (Å²) in [6.07, 6.45) is 3.00. The second kappa shape index (κ2) is 27.9. The van der Waals surface area contributed by atoms with Crippen LogP contribution in [0.4, 0.5) is 4.79 Å². The van der Waals surface area contributed by atoms with Gasteiger partial charge in [0.05, 0.1) is 45.6 Å². The number of nitrogens with one attached hydrogen (secondary N) is 4. The van der Waals surface area contributed by atoms with E-state index in [0.717, 1.165) is 31.4 Å². The number of rotatable bonds is 28. The van der Waals surface area contributed by atoms with Gasteiger partial charge in [0.25, 0.3) is 5.91 Å². The normalized spacial score (nSPS) is 16.4. The SMILES string of the molecule is CCCO[C@H](CC(C(C)C)N(CCC)C(=O)C[C@@H](C)CC)c1nc(C(=O)N[C@H]2Cc3ccc(O)cc3[C@H](C(=O)NNC(=O)OCCOCCOCCOCCNC)C2)cs1. The summed E-state index contributed by atoms with van der Waals surface area (Å²) in [5.41, 5.74) is 6.31. The van der Waals surface area contributed by atoms with Crippen molar-refractivity contribution in [2.24, 2.45) is 11.8 Å². The van der Waals surface area contributed by atoms with Gasteiger partial charge in [-0.2, -0.15) is 0 Å². The molecule has 338 valence electrons. The van der Waals surface area contributed by atoms with Gasteiger partial charge in [0.15, 0.2) is 0 Å². The molecule has 2 aromatic rings. The van der Waals surface area contributed by atoms with Crippen molar-refractivity contribution in [1.82, 2.24) is 31.4 Å². The third-order valence-corrected chi connectivity index (χ3v) is 11.3. The Morgan fingerprint density at radius 3 is 2.28 bits per heavy atom. The maximum Gasteiger partial charge on any atom is 0.426 e. The minimum absolute atomic E-state index is 0.00286. The Kier molecular flexibility index (Phi) is 23.5. The minimum Gasteiger partial charge on any atom is -0.508 e. The number of phenolic OH excluding ortho intramolecular Hbond substituents is 1. The summed E-state index contributed by atoms with van der Waals surface area (Å²) >= 11 is 1.36. The van der Waals surface area contributed by atoms with E-state index >= 15 is 0 Å². The molecule has 5 N–H and O–H groups in total. The second-order valence-corrected chi connectivity index (χ2v) is 16.4. The van der Waals surface area contributed by atoms with Gasteiger partial charge in [-0.25, -0.2) is 15.2 Å². The van der Waals surface area contributed by atoms with E-state index in [1.54, 1.807) is 11.4 Å². The first kappa shape index (κ1) is 50.5. The highest BCUT2D eigenvalue weighted by Gasteiger charge is 2.35. The number of ether oxygens (including phenoxy) is 5. The lowest BCUT2D eigenvalue weighted by molar-refractivity contribution is -0.136. The van der Waals surface area contributed by atoms with E-state index in [-0.39, 0.29) is 54.9 Å². The molecule has 0 saturated carbocycles. The fourth-order valence-electron chi connectivity index (χ4n) is 6.91. The van der Waals surface area contributed by atoms with E-state index < -0.39 is 30.1 Å². The Morgan fingerprint density at radius 2 is 1.63 bits per heavy atom. The number of carbonyl (C=O) groups is 4. The smallest absolute Gasteiger partial charge is 0.426 e. The van der Waals surface area contributed by atoms with Gasteiger partial charge in [0.1, 0.15) is 29.2 Å². The Balaban J connectivity index is 1.59. The second-order valence-electron chi connectivity index (χ2n) is 15.5. The van der Waals surface area contributed by atoms with E-state index in [1.165, 1.54) is 23.5 Å². The number of phenols is 1. The number of carbonyl (C=O) groups excluding carboxylic acids is 4. The van der Waals surface area contributed by atoms with E-state index in [4.69, 9.17) is 28.7 Å². The van der Waals surface area contributed by atoms with E-state index in [9.17, 15) is 24.3 Å². The summed E-state index contributed by atoms with van der Waals surface area (Å²) in [6.45, 7) is 16.9. The Bertz CT molecular complexity index is 1590. The molecule has 1 aromatic heterocycles. The number of benzene rings is 1. The predicted octanol–water partition coefficient (Wildman–Crippen LogP) is 5.26. The highest BCUT2D eigenvalue weighted by atomic mass is 32.1. The highest BCUT2D eigenvalue weighted by molar-refractivity contribution is 7.09. The Morgan fingerprint density at radius 1 is 0.933 bits per heavy atom. The van der Waals surface area contributed by atoms with Gasteiger partial charge >= 0.3 is 6.09 Å². The molecule has 4 amide bonds. The highest BCUT2D eigenvalue weighted by Crippen LogP contribution is 2.35. The number of hydrazine groups is 1. The van der Waals surface area contributed by atoms with Crippen LogP contribution in [0.3, 0.4) is 0 Å². The van der Waals surface area contributed by atoms with E-state index in [1.807, 2.05) is 18.9 Å². The number of hydrogen-bond donors (Lipinski definition) is 5. The Labute approximate surface area is 360 Å². The predicted molar refractivity (Wildman–Crippen MR) is 230 cm³/mol. The molecule has 17 heteroatoms. The number of aromatic nitrogens is 1. The number of nitrogens with zero attached hydrogens (tertiary/aromatic N) is 2. The molecule has 5 atom stereocenters. The summed E-state index contributed by atoms with van der Waals surface area (Å²) in [6, 6.07) is 4.27. The van der Waals surface area contributed by atoms with Gasteiger partial charge in [-0.15, -0.1) is 11.3 Å². The average Bonchev–Trinajstić information content (AvgIpc) is 3.73.